The maximum absolute atomic E-state index is 12.5. The minimum Gasteiger partial charge on any atom is -0.390 e. The van der Waals surface area contributed by atoms with Crippen molar-refractivity contribution in [3.8, 4) is 0 Å². The van der Waals surface area contributed by atoms with Crippen molar-refractivity contribution in [1.29, 1.82) is 0 Å². The fourth-order valence-corrected chi connectivity index (χ4v) is 2.85. The van der Waals surface area contributed by atoms with Crippen LogP contribution in [0, 0.1) is 0 Å². The Hall–Kier alpha value is -1.55. The number of hydrogen-bond donors (Lipinski definition) is 1. The van der Waals surface area contributed by atoms with Crippen LogP contribution in [0.3, 0.4) is 0 Å². The van der Waals surface area contributed by atoms with Crippen LogP contribution in [-0.4, -0.2) is 24.3 Å². The van der Waals surface area contributed by atoms with Gasteiger partial charge in [-0.05, 0) is 37.0 Å². The van der Waals surface area contributed by atoms with Crippen molar-refractivity contribution in [3.05, 3.63) is 34.9 Å². The van der Waals surface area contributed by atoms with Crippen molar-refractivity contribution in [1.82, 2.24) is 5.32 Å². The lowest BCUT2D eigenvalue weighted by atomic mass is 9.95. The molecule has 0 bridgehead atoms. The number of oxime groups is 1. The largest absolute Gasteiger partial charge is 0.390 e. The number of rotatable bonds is 5. The Morgan fingerprint density at radius 1 is 1.43 bits per heavy atom. The summed E-state index contributed by atoms with van der Waals surface area (Å²) in [4.78, 5) is 17.8. The first kappa shape index (κ1) is 14.4. The second-order valence-electron chi connectivity index (χ2n) is 5.74. The van der Waals surface area contributed by atoms with Crippen LogP contribution in [0.4, 0.5) is 0 Å². The molecule has 1 amide bonds. The average molecular weight is 307 g/mol. The molecule has 1 aliphatic heterocycles. The highest BCUT2D eigenvalue weighted by Crippen LogP contribution is 2.48. The normalized spacial score (nSPS) is 22.4. The third-order valence-corrected chi connectivity index (χ3v) is 4.53. The lowest BCUT2D eigenvalue weighted by Gasteiger charge is -2.17. The van der Waals surface area contributed by atoms with Crippen LogP contribution < -0.4 is 5.32 Å². The fourth-order valence-electron chi connectivity index (χ4n) is 2.72. The Morgan fingerprint density at radius 2 is 2.14 bits per heavy atom. The summed E-state index contributed by atoms with van der Waals surface area (Å²) in [6.45, 7) is 2.57. The molecule has 0 aromatic heterocycles. The summed E-state index contributed by atoms with van der Waals surface area (Å²) in [7, 11) is 0. The SMILES string of the molecule is CCC1=NO[C@@H](CNC(=O)C2(c3ccc(Cl)cc3)CC2)C1. The molecule has 0 radical (unpaired) electrons. The van der Waals surface area contributed by atoms with Gasteiger partial charge in [0.2, 0.25) is 5.91 Å². The number of halogens is 1. The first-order valence-electron chi connectivity index (χ1n) is 7.40. The molecule has 1 saturated carbocycles. The molecular weight excluding hydrogens is 288 g/mol. The molecule has 112 valence electrons. The van der Waals surface area contributed by atoms with Gasteiger partial charge >= 0.3 is 0 Å². The molecule has 3 rings (SSSR count). The van der Waals surface area contributed by atoms with Crippen LogP contribution >= 0.6 is 11.6 Å². The van der Waals surface area contributed by atoms with Gasteiger partial charge in [-0.2, -0.15) is 0 Å². The highest BCUT2D eigenvalue weighted by molar-refractivity contribution is 6.30. The molecule has 2 aliphatic rings. The molecule has 0 unspecified atom stereocenters. The van der Waals surface area contributed by atoms with Crippen molar-refractivity contribution in [3.63, 3.8) is 0 Å². The predicted molar refractivity (Wildman–Crippen MR) is 82.6 cm³/mol. The van der Waals surface area contributed by atoms with Crippen molar-refractivity contribution in [2.45, 2.75) is 44.1 Å². The number of nitrogens with one attached hydrogen (secondary N) is 1. The quantitative estimate of drug-likeness (QED) is 0.909. The molecular formula is C16H19ClN2O2. The van der Waals surface area contributed by atoms with Gasteiger partial charge in [-0.25, -0.2) is 0 Å². The van der Waals surface area contributed by atoms with E-state index in [0.717, 1.165) is 37.0 Å². The van der Waals surface area contributed by atoms with Crippen molar-refractivity contribution in [2.24, 2.45) is 5.16 Å². The number of amides is 1. The zero-order valence-electron chi connectivity index (χ0n) is 12.1. The molecule has 1 heterocycles. The molecule has 1 aromatic rings. The van der Waals surface area contributed by atoms with Gasteiger partial charge in [0.05, 0.1) is 17.7 Å². The molecule has 5 heteroatoms. The summed E-state index contributed by atoms with van der Waals surface area (Å²) < 4.78 is 0. The van der Waals surface area contributed by atoms with Gasteiger partial charge in [0.1, 0.15) is 6.10 Å². The maximum Gasteiger partial charge on any atom is 0.230 e. The lowest BCUT2D eigenvalue weighted by Crippen LogP contribution is -2.39. The monoisotopic (exact) mass is 306 g/mol. The number of nitrogens with zero attached hydrogens (tertiary/aromatic N) is 1. The summed E-state index contributed by atoms with van der Waals surface area (Å²) in [6.07, 6.45) is 3.47. The molecule has 1 aliphatic carbocycles. The lowest BCUT2D eigenvalue weighted by molar-refractivity contribution is -0.124. The molecule has 1 atom stereocenters. The summed E-state index contributed by atoms with van der Waals surface area (Å²) >= 11 is 5.91. The maximum atomic E-state index is 12.5. The van der Waals surface area contributed by atoms with Crippen LogP contribution in [0.2, 0.25) is 5.02 Å². The van der Waals surface area contributed by atoms with E-state index >= 15 is 0 Å². The van der Waals surface area contributed by atoms with Crippen LogP contribution in [-0.2, 0) is 15.0 Å². The molecule has 21 heavy (non-hydrogen) atoms. The minimum absolute atomic E-state index is 0.0232. The van der Waals surface area contributed by atoms with Gasteiger partial charge < -0.3 is 10.2 Å². The van der Waals surface area contributed by atoms with Crippen LogP contribution in [0.5, 0.6) is 0 Å². The Labute approximate surface area is 129 Å². The van der Waals surface area contributed by atoms with E-state index in [4.69, 9.17) is 16.4 Å². The zero-order chi connectivity index (χ0) is 14.9. The molecule has 1 aromatic carbocycles. The van der Waals surface area contributed by atoms with Gasteiger partial charge in [0, 0.05) is 11.4 Å². The standard InChI is InChI=1S/C16H19ClN2O2/c1-2-13-9-14(21-19-13)10-18-15(20)16(7-8-16)11-3-5-12(17)6-4-11/h3-6,14H,2,7-10H2,1H3,(H,18,20)/t14-/m1/s1. The molecule has 1 fully saturated rings. The van der Waals surface area contributed by atoms with Crippen LogP contribution in [0.25, 0.3) is 0 Å². The highest BCUT2D eigenvalue weighted by atomic mass is 35.5. The smallest absolute Gasteiger partial charge is 0.230 e. The summed E-state index contributed by atoms with van der Waals surface area (Å²) in [5.41, 5.74) is 1.74. The van der Waals surface area contributed by atoms with E-state index in [-0.39, 0.29) is 17.4 Å². The molecule has 4 nitrogen and oxygen atoms in total. The first-order valence-corrected chi connectivity index (χ1v) is 7.78. The van der Waals surface area contributed by atoms with Crippen molar-refractivity contribution in [2.75, 3.05) is 6.54 Å². The van der Waals surface area contributed by atoms with E-state index in [2.05, 4.69) is 17.4 Å². The second kappa shape index (κ2) is 5.68. The first-order chi connectivity index (χ1) is 10.1. The Kier molecular flexibility index (Phi) is 3.89. The molecule has 0 spiro atoms. The van der Waals surface area contributed by atoms with E-state index in [1.807, 2.05) is 24.3 Å². The van der Waals surface area contributed by atoms with Gasteiger partial charge in [0.15, 0.2) is 0 Å². The Morgan fingerprint density at radius 3 is 2.71 bits per heavy atom. The molecule has 1 N–H and O–H groups in total. The van der Waals surface area contributed by atoms with E-state index < -0.39 is 0 Å². The fraction of sp³-hybridized carbons (Fsp3) is 0.500. The third kappa shape index (κ3) is 2.91. The van der Waals surface area contributed by atoms with Gasteiger partial charge in [-0.1, -0.05) is 35.8 Å². The predicted octanol–water partition coefficient (Wildman–Crippen LogP) is 3.04. The topological polar surface area (TPSA) is 50.7 Å². The van der Waals surface area contributed by atoms with E-state index in [0.29, 0.717) is 11.6 Å². The number of hydrogen-bond acceptors (Lipinski definition) is 3. The van der Waals surface area contributed by atoms with E-state index in [1.54, 1.807) is 0 Å². The van der Waals surface area contributed by atoms with Crippen LogP contribution in [0.15, 0.2) is 29.4 Å². The van der Waals surface area contributed by atoms with Crippen molar-refractivity contribution >= 4 is 23.2 Å². The highest BCUT2D eigenvalue weighted by Gasteiger charge is 2.51. The number of carbonyl (C=O) groups excluding carboxylic acids is 1. The average Bonchev–Trinajstić information content (AvgIpc) is 3.18. The van der Waals surface area contributed by atoms with E-state index in [9.17, 15) is 4.79 Å². The summed E-state index contributed by atoms with van der Waals surface area (Å²) in [5.74, 6) is 0.0818. The van der Waals surface area contributed by atoms with Crippen LogP contribution in [0.1, 0.15) is 38.2 Å². The number of carbonyl (C=O) groups is 1. The molecule has 0 saturated heterocycles. The van der Waals surface area contributed by atoms with Crippen molar-refractivity contribution < 1.29 is 9.63 Å². The second-order valence-corrected chi connectivity index (χ2v) is 6.18. The van der Waals surface area contributed by atoms with Gasteiger partial charge in [-0.15, -0.1) is 0 Å². The number of benzene rings is 1. The Bertz CT molecular complexity index is 564. The third-order valence-electron chi connectivity index (χ3n) is 4.27. The zero-order valence-corrected chi connectivity index (χ0v) is 12.8. The summed E-state index contributed by atoms with van der Waals surface area (Å²) in [5, 5.41) is 7.72. The van der Waals surface area contributed by atoms with Gasteiger partial charge in [0.25, 0.3) is 0 Å². The summed E-state index contributed by atoms with van der Waals surface area (Å²) in [6, 6.07) is 7.57. The Balaban J connectivity index is 1.57. The van der Waals surface area contributed by atoms with E-state index in [1.165, 1.54) is 0 Å². The minimum atomic E-state index is -0.363. The van der Waals surface area contributed by atoms with Gasteiger partial charge in [-0.3, -0.25) is 4.79 Å².